The van der Waals surface area contributed by atoms with Crippen LogP contribution in [0, 0.1) is 22.7 Å². The van der Waals surface area contributed by atoms with E-state index in [0.717, 1.165) is 30.6 Å². The number of benzene rings is 2. The number of hydrogen-bond donors (Lipinski definition) is 0. The molecule has 0 aliphatic carbocycles. The largest absolute Gasteiger partial charge is 0.493 e. The highest BCUT2D eigenvalue weighted by molar-refractivity contribution is 5.90. The van der Waals surface area contributed by atoms with Crippen molar-refractivity contribution in [2.75, 3.05) is 20.8 Å². The van der Waals surface area contributed by atoms with Crippen molar-refractivity contribution in [3.05, 3.63) is 76.5 Å². The number of nitrogens with zero attached hydrogens (tertiary/aromatic N) is 3. The number of methoxy groups -OCH3 is 2. The Morgan fingerprint density at radius 2 is 1.68 bits per heavy atom. The van der Waals surface area contributed by atoms with Crippen LogP contribution in [0.3, 0.4) is 0 Å². The highest BCUT2D eigenvalue weighted by Crippen LogP contribution is 2.40. The van der Waals surface area contributed by atoms with Crippen LogP contribution < -0.4 is 9.47 Å². The van der Waals surface area contributed by atoms with E-state index in [2.05, 4.69) is 29.2 Å². The van der Waals surface area contributed by atoms with Gasteiger partial charge >= 0.3 is 0 Å². The number of allylic oxidation sites excluding steroid dienone is 3. The maximum Gasteiger partial charge on any atom is 0.161 e. The average molecular weight is 414 g/mol. The van der Waals surface area contributed by atoms with Crippen molar-refractivity contribution in [1.29, 1.82) is 10.5 Å². The van der Waals surface area contributed by atoms with Gasteiger partial charge in [-0.15, -0.1) is 0 Å². The second-order valence-electron chi connectivity index (χ2n) is 7.50. The van der Waals surface area contributed by atoms with E-state index >= 15 is 0 Å². The molecule has 0 radical (unpaired) electrons. The summed E-state index contributed by atoms with van der Waals surface area (Å²) in [4.78, 5) is 2.17. The Bertz CT molecular complexity index is 1090. The van der Waals surface area contributed by atoms with Gasteiger partial charge in [0, 0.05) is 17.8 Å². The number of rotatable bonds is 7. The molecule has 1 unspecified atom stereocenters. The Hall–Kier alpha value is -3.70. The lowest BCUT2D eigenvalue weighted by Crippen LogP contribution is -2.37. The molecule has 158 valence electrons. The van der Waals surface area contributed by atoms with Crippen LogP contribution in [0.1, 0.15) is 31.4 Å². The van der Waals surface area contributed by atoms with Crippen molar-refractivity contribution >= 4 is 5.57 Å². The second-order valence-corrected chi connectivity index (χ2v) is 7.50. The van der Waals surface area contributed by atoms with Gasteiger partial charge < -0.3 is 14.4 Å². The standard InChI is InChI=1S/C26H27N3O2/c1-18-22(16-27)26(21-12-13-24(30-3)25(15-21)31-4)23(17-28)19(2)29(18)14-8-11-20-9-6-5-7-10-20/h5-7,9-10,12-13,15,18H,8,11,14H2,1-4H3. The van der Waals surface area contributed by atoms with Crippen molar-refractivity contribution in [2.45, 2.75) is 32.7 Å². The molecule has 5 heteroatoms. The molecule has 0 saturated heterocycles. The molecule has 0 spiro atoms. The van der Waals surface area contributed by atoms with Crippen LogP contribution in [-0.2, 0) is 6.42 Å². The lowest BCUT2D eigenvalue weighted by Gasteiger charge is -2.37. The minimum Gasteiger partial charge on any atom is -0.493 e. The summed E-state index contributed by atoms with van der Waals surface area (Å²) in [5.74, 6) is 1.17. The topological polar surface area (TPSA) is 69.3 Å². The number of hydrogen-bond acceptors (Lipinski definition) is 5. The van der Waals surface area contributed by atoms with Crippen LogP contribution in [0.25, 0.3) is 5.57 Å². The summed E-state index contributed by atoms with van der Waals surface area (Å²) in [5.41, 5.74) is 4.76. The minimum absolute atomic E-state index is 0.124. The molecule has 0 fully saturated rings. The summed E-state index contributed by atoms with van der Waals surface area (Å²) in [6.07, 6.45) is 1.89. The summed E-state index contributed by atoms with van der Waals surface area (Å²) in [6.45, 7) is 4.77. The molecule has 5 nitrogen and oxygen atoms in total. The van der Waals surface area contributed by atoms with E-state index in [1.165, 1.54) is 5.56 Å². The summed E-state index contributed by atoms with van der Waals surface area (Å²) in [7, 11) is 3.16. The molecular weight excluding hydrogens is 386 g/mol. The molecule has 0 aromatic heterocycles. The van der Waals surface area contributed by atoms with E-state index in [1.54, 1.807) is 20.3 Å². The van der Waals surface area contributed by atoms with Gasteiger partial charge in [0.05, 0.1) is 37.5 Å². The van der Waals surface area contributed by atoms with Gasteiger partial charge in [0.15, 0.2) is 11.5 Å². The zero-order chi connectivity index (χ0) is 22.4. The Labute approximate surface area is 184 Å². The first kappa shape index (κ1) is 22.0. The normalized spacial score (nSPS) is 16.1. The number of ether oxygens (including phenoxy) is 2. The Balaban J connectivity index is 1.95. The zero-order valence-electron chi connectivity index (χ0n) is 18.5. The maximum atomic E-state index is 10.0. The molecule has 0 saturated carbocycles. The zero-order valence-corrected chi connectivity index (χ0v) is 18.5. The van der Waals surface area contributed by atoms with E-state index in [9.17, 15) is 10.5 Å². The molecule has 1 atom stereocenters. The first-order valence-electron chi connectivity index (χ1n) is 10.3. The minimum atomic E-state index is -0.124. The van der Waals surface area contributed by atoms with Crippen LogP contribution in [0.2, 0.25) is 0 Å². The molecule has 1 aliphatic rings. The van der Waals surface area contributed by atoms with E-state index in [-0.39, 0.29) is 6.04 Å². The van der Waals surface area contributed by atoms with Gasteiger partial charge in [0.1, 0.15) is 6.07 Å². The highest BCUT2D eigenvalue weighted by Gasteiger charge is 2.31. The van der Waals surface area contributed by atoms with Crippen molar-refractivity contribution in [1.82, 2.24) is 4.90 Å². The van der Waals surface area contributed by atoms with E-state index in [0.29, 0.717) is 28.2 Å². The van der Waals surface area contributed by atoms with Crippen LogP contribution in [0.15, 0.2) is 65.4 Å². The number of nitriles is 2. The average Bonchev–Trinajstić information content (AvgIpc) is 2.81. The van der Waals surface area contributed by atoms with Crippen LogP contribution in [-0.4, -0.2) is 31.7 Å². The smallest absolute Gasteiger partial charge is 0.161 e. The summed E-state index contributed by atoms with van der Waals surface area (Å²) in [6, 6.07) is 20.5. The molecule has 1 heterocycles. The van der Waals surface area contributed by atoms with Crippen molar-refractivity contribution in [2.24, 2.45) is 0 Å². The van der Waals surface area contributed by atoms with Gasteiger partial charge in [-0.05, 0) is 49.9 Å². The third-order valence-electron chi connectivity index (χ3n) is 5.81. The molecule has 0 N–H and O–H groups in total. The fourth-order valence-electron chi connectivity index (χ4n) is 4.15. The molecule has 31 heavy (non-hydrogen) atoms. The summed E-state index contributed by atoms with van der Waals surface area (Å²) >= 11 is 0. The Kier molecular flexibility index (Phi) is 7.00. The van der Waals surface area contributed by atoms with E-state index < -0.39 is 0 Å². The van der Waals surface area contributed by atoms with Gasteiger partial charge in [0.2, 0.25) is 0 Å². The number of aryl methyl sites for hydroxylation is 1. The summed E-state index contributed by atoms with van der Waals surface area (Å²) in [5, 5.41) is 20.0. The third kappa shape index (κ3) is 4.42. The molecule has 1 aliphatic heterocycles. The van der Waals surface area contributed by atoms with Crippen LogP contribution in [0.4, 0.5) is 0 Å². The van der Waals surface area contributed by atoms with Crippen molar-refractivity contribution < 1.29 is 9.47 Å². The highest BCUT2D eigenvalue weighted by atomic mass is 16.5. The van der Waals surface area contributed by atoms with Crippen molar-refractivity contribution in [3.63, 3.8) is 0 Å². The fraction of sp³-hybridized carbons (Fsp3) is 0.308. The van der Waals surface area contributed by atoms with E-state index in [1.807, 2.05) is 44.2 Å². The van der Waals surface area contributed by atoms with Gasteiger partial charge in [-0.2, -0.15) is 10.5 Å². The SMILES string of the molecule is COc1ccc(C2=C(C#N)C(C)N(CCCc3ccccc3)C(C)=C2C#N)cc1OC. The van der Waals surface area contributed by atoms with Gasteiger partial charge in [0.25, 0.3) is 0 Å². The Morgan fingerprint density at radius 3 is 2.29 bits per heavy atom. The molecular formula is C26H27N3O2. The fourth-order valence-corrected chi connectivity index (χ4v) is 4.15. The van der Waals surface area contributed by atoms with Gasteiger partial charge in [-0.25, -0.2) is 0 Å². The molecule has 3 rings (SSSR count). The quantitative estimate of drug-likeness (QED) is 0.630. The second kappa shape index (κ2) is 9.87. The summed E-state index contributed by atoms with van der Waals surface area (Å²) < 4.78 is 10.8. The van der Waals surface area contributed by atoms with E-state index in [4.69, 9.17) is 9.47 Å². The first-order valence-corrected chi connectivity index (χ1v) is 10.3. The van der Waals surface area contributed by atoms with Crippen LogP contribution >= 0.6 is 0 Å². The van der Waals surface area contributed by atoms with Gasteiger partial charge in [-0.3, -0.25) is 0 Å². The lowest BCUT2D eigenvalue weighted by molar-refractivity contribution is 0.292. The first-order chi connectivity index (χ1) is 15.0. The molecule has 0 amide bonds. The molecule has 0 bridgehead atoms. The lowest BCUT2D eigenvalue weighted by atomic mass is 9.85. The molecule has 2 aromatic rings. The van der Waals surface area contributed by atoms with Crippen molar-refractivity contribution in [3.8, 4) is 23.6 Å². The maximum absolute atomic E-state index is 10.0. The predicted molar refractivity (Wildman–Crippen MR) is 121 cm³/mol. The molecule has 2 aromatic carbocycles. The van der Waals surface area contributed by atoms with Crippen LogP contribution in [0.5, 0.6) is 11.5 Å². The Morgan fingerprint density at radius 1 is 0.968 bits per heavy atom. The predicted octanol–water partition coefficient (Wildman–Crippen LogP) is 5.12. The van der Waals surface area contributed by atoms with Gasteiger partial charge in [-0.1, -0.05) is 36.4 Å². The monoisotopic (exact) mass is 413 g/mol. The third-order valence-corrected chi connectivity index (χ3v) is 5.81.